The van der Waals surface area contributed by atoms with Gasteiger partial charge in [-0.2, -0.15) is 13.2 Å². The van der Waals surface area contributed by atoms with E-state index in [0.717, 1.165) is 5.92 Å². The van der Waals surface area contributed by atoms with Crippen molar-refractivity contribution in [3.05, 3.63) is 11.9 Å². The van der Waals surface area contributed by atoms with Crippen molar-refractivity contribution < 1.29 is 27.0 Å². The largest absolute Gasteiger partial charge is 0.412 e. The van der Waals surface area contributed by atoms with Crippen LogP contribution >= 0.6 is 0 Å². The summed E-state index contributed by atoms with van der Waals surface area (Å²) >= 11 is 0. The Bertz CT molecular complexity index is 467. The molecule has 1 heterocycles. The van der Waals surface area contributed by atoms with Gasteiger partial charge in [-0.05, 0) is 50.4 Å². The van der Waals surface area contributed by atoms with E-state index in [4.69, 9.17) is 9.47 Å². The second-order valence-electron chi connectivity index (χ2n) is 8.50. The average Bonchev–Trinajstić information content (AvgIpc) is 2.61. The van der Waals surface area contributed by atoms with Gasteiger partial charge in [-0.25, -0.2) is 4.39 Å². The molecule has 0 unspecified atom stereocenters. The summed E-state index contributed by atoms with van der Waals surface area (Å²) in [5, 5.41) is 0. The van der Waals surface area contributed by atoms with E-state index >= 15 is 0 Å². The van der Waals surface area contributed by atoms with Gasteiger partial charge in [0.15, 0.2) is 6.29 Å². The van der Waals surface area contributed by atoms with Crippen molar-refractivity contribution in [2.75, 3.05) is 13.2 Å². The highest BCUT2D eigenvalue weighted by Gasteiger charge is 2.37. The molecule has 1 aliphatic heterocycles. The highest BCUT2D eigenvalue weighted by molar-refractivity contribution is 5.03. The van der Waals surface area contributed by atoms with Gasteiger partial charge in [0.2, 0.25) is 0 Å². The minimum absolute atomic E-state index is 0.164. The van der Waals surface area contributed by atoms with Crippen LogP contribution in [0.4, 0.5) is 17.6 Å². The molecule has 3 aliphatic rings. The van der Waals surface area contributed by atoms with Crippen molar-refractivity contribution in [3.8, 4) is 0 Å². The molecule has 0 aromatic carbocycles. The molecule has 2 nitrogen and oxygen atoms in total. The topological polar surface area (TPSA) is 18.5 Å². The van der Waals surface area contributed by atoms with E-state index in [1.807, 2.05) is 0 Å². The number of halogens is 4. The van der Waals surface area contributed by atoms with Gasteiger partial charge in [0, 0.05) is 17.8 Å². The molecule has 0 aromatic rings. The molecule has 0 bridgehead atoms. The summed E-state index contributed by atoms with van der Waals surface area (Å²) in [5.41, 5.74) is 0. The Morgan fingerprint density at radius 1 is 0.808 bits per heavy atom. The Labute approximate surface area is 153 Å². The first-order chi connectivity index (χ1) is 12.3. The molecular weight excluding hydrogens is 348 g/mol. The Hall–Kier alpha value is -0.620. The maximum absolute atomic E-state index is 13.7. The number of rotatable bonds is 3. The van der Waals surface area contributed by atoms with Gasteiger partial charge in [0.25, 0.3) is 0 Å². The van der Waals surface area contributed by atoms with Gasteiger partial charge < -0.3 is 9.47 Å². The van der Waals surface area contributed by atoms with Crippen LogP contribution in [0.2, 0.25) is 0 Å². The van der Waals surface area contributed by atoms with E-state index in [0.29, 0.717) is 50.7 Å². The van der Waals surface area contributed by atoms with Crippen molar-refractivity contribution >= 4 is 0 Å². The number of allylic oxidation sites excluding steroid dienone is 2. The minimum Gasteiger partial charge on any atom is -0.352 e. The van der Waals surface area contributed by atoms with Crippen LogP contribution in [0.15, 0.2) is 11.9 Å². The van der Waals surface area contributed by atoms with Gasteiger partial charge >= 0.3 is 6.18 Å². The lowest BCUT2D eigenvalue weighted by Gasteiger charge is -2.40. The van der Waals surface area contributed by atoms with Crippen LogP contribution in [0.25, 0.3) is 0 Å². The molecule has 3 fully saturated rings. The van der Waals surface area contributed by atoms with Crippen molar-refractivity contribution in [3.63, 3.8) is 0 Å². The maximum Gasteiger partial charge on any atom is 0.412 e. The monoisotopic (exact) mass is 378 g/mol. The van der Waals surface area contributed by atoms with Gasteiger partial charge in [-0.3, -0.25) is 0 Å². The lowest BCUT2D eigenvalue weighted by Crippen LogP contribution is -2.41. The number of hydrogen-bond donors (Lipinski definition) is 0. The zero-order valence-corrected chi connectivity index (χ0v) is 15.4. The Kier molecular flexibility index (Phi) is 6.65. The van der Waals surface area contributed by atoms with Gasteiger partial charge in [0.05, 0.1) is 19.3 Å². The van der Waals surface area contributed by atoms with E-state index in [2.05, 4.69) is 6.92 Å². The molecule has 0 atom stereocenters. The Balaban J connectivity index is 1.42. The maximum atomic E-state index is 13.7. The van der Waals surface area contributed by atoms with Crippen LogP contribution in [0.5, 0.6) is 0 Å². The van der Waals surface area contributed by atoms with E-state index in [1.165, 1.54) is 25.7 Å². The summed E-state index contributed by atoms with van der Waals surface area (Å²) in [6.07, 6.45) is 2.18. The summed E-state index contributed by atoms with van der Waals surface area (Å²) in [7, 11) is 0. The minimum atomic E-state index is -4.58. The quantitative estimate of drug-likeness (QED) is 0.559. The zero-order chi connectivity index (χ0) is 18.7. The molecule has 2 saturated carbocycles. The van der Waals surface area contributed by atoms with E-state index in [9.17, 15) is 17.6 Å². The summed E-state index contributed by atoms with van der Waals surface area (Å²) < 4.78 is 62.5. The first kappa shape index (κ1) is 20.1. The molecule has 0 N–H and O–H groups in total. The van der Waals surface area contributed by atoms with Crippen LogP contribution in [-0.2, 0) is 9.47 Å². The van der Waals surface area contributed by atoms with Crippen molar-refractivity contribution in [2.24, 2.45) is 29.6 Å². The lowest BCUT2D eigenvalue weighted by molar-refractivity contribution is -0.237. The van der Waals surface area contributed by atoms with E-state index < -0.39 is 17.9 Å². The van der Waals surface area contributed by atoms with Crippen LogP contribution in [0.3, 0.4) is 0 Å². The van der Waals surface area contributed by atoms with Crippen molar-refractivity contribution in [1.29, 1.82) is 0 Å². The highest BCUT2D eigenvalue weighted by Crippen LogP contribution is 2.40. The first-order valence-corrected chi connectivity index (χ1v) is 10.00. The van der Waals surface area contributed by atoms with Gasteiger partial charge in [-0.15, -0.1) is 0 Å². The van der Waals surface area contributed by atoms with Crippen molar-refractivity contribution in [2.45, 2.75) is 70.8 Å². The fourth-order valence-corrected chi connectivity index (χ4v) is 4.78. The van der Waals surface area contributed by atoms with E-state index in [1.54, 1.807) is 0 Å². The third-order valence-electron chi connectivity index (χ3n) is 6.52. The summed E-state index contributed by atoms with van der Waals surface area (Å²) in [6, 6.07) is 0. The second-order valence-corrected chi connectivity index (χ2v) is 8.50. The third-order valence-corrected chi connectivity index (χ3v) is 6.52. The Morgan fingerprint density at radius 2 is 1.35 bits per heavy atom. The molecule has 0 radical (unpaired) electrons. The standard InChI is InChI=1S/C20H30F4O2/c1-13-2-4-14(5-3-13)17-11-25-19(26-12-17)16-8-6-15(7-9-16)18(21)10-20(22,23)24/h10,13-17,19H,2-9,11-12H2,1H3/b18-10-. The van der Waals surface area contributed by atoms with Gasteiger partial charge in [-0.1, -0.05) is 19.8 Å². The average molecular weight is 378 g/mol. The molecule has 0 amide bonds. The molecule has 0 spiro atoms. The van der Waals surface area contributed by atoms with Gasteiger partial charge in [0.1, 0.15) is 5.83 Å². The van der Waals surface area contributed by atoms with Crippen molar-refractivity contribution in [1.82, 2.24) is 0 Å². The molecule has 0 aromatic heterocycles. The molecule has 26 heavy (non-hydrogen) atoms. The highest BCUT2D eigenvalue weighted by atomic mass is 19.4. The number of hydrogen-bond acceptors (Lipinski definition) is 2. The SMILES string of the molecule is CC1CCC(C2COC(C3CCC(/C(F)=C/C(F)(F)F)CC3)OC2)CC1. The van der Waals surface area contributed by atoms with Crippen LogP contribution < -0.4 is 0 Å². The van der Waals surface area contributed by atoms with Crippen LogP contribution in [0, 0.1) is 29.6 Å². The molecular formula is C20H30F4O2. The molecule has 150 valence electrons. The molecule has 2 aliphatic carbocycles. The first-order valence-electron chi connectivity index (χ1n) is 10.00. The summed E-state index contributed by atoms with van der Waals surface area (Å²) in [5.74, 6) is 0.483. The van der Waals surface area contributed by atoms with Crippen LogP contribution in [0.1, 0.15) is 58.3 Å². The predicted molar refractivity (Wildman–Crippen MR) is 91.0 cm³/mol. The lowest BCUT2D eigenvalue weighted by atomic mass is 9.76. The summed E-state index contributed by atoms with van der Waals surface area (Å²) in [6.45, 7) is 3.74. The second kappa shape index (κ2) is 8.59. The molecule has 3 rings (SSSR count). The van der Waals surface area contributed by atoms with E-state index in [-0.39, 0.29) is 18.3 Å². The number of ether oxygens (including phenoxy) is 2. The predicted octanol–water partition coefficient (Wildman–Crippen LogP) is 6.02. The number of alkyl halides is 3. The summed E-state index contributed by atoms with van der Waals surface area (Å²) in [4.78, 5) is 0. The molecule has 1 saturated heterocycles. The Morgan fingerprint density at radius 3 is 1.88 bits per heavy atom. The molecule has 6 heteroatoms. The fourth-order valence-electron chi connectivity index (χ4n) is 4.78. The van der Waals surface area contributed by atoms with Crippen LogP contribution in [-0.4, -0.2) is 25.7 Å². The smallest absolute Gasteiger partial charge is 0.352 e. The fraction of sp³-hybridized carbons (Fsp3) is 0.900. The zero-order valence-electron chi connectivity index (χ0n) is 15.4. The third kappa shape index (κ3) is 5.44. The normalized spacial score (nSPS) is 40.4.